The lowest BCUT2D eigenvalue weighted by Gasteiger charge is -2.20. The number of rotatable bonds is 7. The highest BCUT2D eigenvalue weighted by Gasteiger charge is 2.23. The van der Waals surface area contributed by atoms with Crippen LogP contribution >= 0.6 is 18.9 Å². The average Bonchev–Trinajstić information content (AvgIpc) is 3.07. The van der Waals surface area contributed by atoms with Gasteiger partial charge in [-0.25, -0.2) is 0 Å². The Kier molecular flexibility index (Phi) is 5.11. The third kappa shape index (κ3) is 3.99. The van der Waals surface area contributed by atoms with Gasteiger partial charge in [0.2, 0.25) is 0 Å². The molecular formula is C17H19N2O2PS. The van der Waals surface area contributed by atoms with Crippen molar-refractivity contribution in [1.29, 1.82) is 0 Å². The molecule has 0 aliphatic rings. The number of anilines is 1. The number of aryl methyl sites for hydroxylation is 1. The Morgan fingerprint density at radius 2 is 2.09 bits per heavy atom. The van der Waals surface area contributed by atoms with Crippen LogP contribution in [0.1, 0.15) is 11.8 Å². The van der Waals surface area contributed by atoms with Crippen LogP contribution in [0.2, 0.25) is 0 Å². The molecular weight excluding hydrogens is 327 g/mol. The zero-order valence-corrected chi connectivity index (χ0v) is 14.6. The van der Waals surface area contributed by atoms with Crippen molar-refractivity contribution in [1.82, 2.24) is 4.98 Å². The molecule has 1 unspecified atom stereocenters. The van der Waals surface area contributed by atoms with E-state index in [0.717, 1.165) is 23.0 Å². The van der Waals surface area contributed by atoms with Gasteiger partial charge in [-0.15, -0.1) is 11.3 Å². The lowest BCUT2D eigenvalue weighted by Crippen LogP contribution is -2.07. The minimum Gasteiger partial charge on any atom is -0.314 e. The molecule has 0 amide bonds. The van der Waals surface area contributed by atoms with Crippen molar-refractivity contribution >= 4 is 35.4 Å². The number of fused-ring (bicyclic) bond motifs is 1. The van der Waals surface area contributed by atoms with Gasteiger partial charge in [0, 0.05) is 22.6 Å². The number of nitrogens with zero attached hydrogens (tertiary/aromatic N) is 1. The molecule has 0 saturated carbocycles. The third-order valence-corrected chi connectivity index (χ3v) is 6.50. The fourth-order valence-electron chi connectivity index (χ4n) is 2.45. The van der Waals surface area contributed by atoms with Crippen LogP contribution in [0.15, 0.2) is 54.0 Å². The largest absolute Gasteiger partial charge is 0.314 e. The molecule has 2 aromatic heterocycles. The Bertz CT molecular complexity index is 815. The van der Waals surface area contributed by atoms with Crippen LogP contribution in [0.4, 0.5) is 5.69 Å². The lowest BCUT2D eigenvalue weighted by molar-refractivity contribution is 0.337. The zero-order valence-electron chi connectivity index (χ0n) is 12.9. The summed E-state index contributed by atoms with van der Waals surface area (Å²) < 4.78 is 18.8. The number of benzene rings is 1. The van der Waals surface area contributed by atoms with E-state index >= 15 is 0 Å². The molecule has 0 aliphatic heterocycles. The Morgan fingerprint density at radius 1 is 1.22 bits per heavy atom. The van der Waals surface area contributed by atoms with Crippen LogP contribution in [0, 0.1) is 0 Å². The van der Waals surface area contributed by atoms with Gasteiger partial charge in [0.1, 0.15) is 0 Å². The third-order valence-electron chi connectivity index (χ3n) is 3.49. The monoisotopic (exact) mass is 346 g/mol. The molecule has 1 aromatic carbocycles. The van der Waals surface area contributed by atoms with Gasteiger partial charge in [-0.1, -0.05) is 24.3 Å². The highest BCUT2D eigenvalue weighted by molar-refractivity contribution is 7.60. The van der Waals surface area contributed by atoms with Gasteiger partial charge in [0.05, 0.1) is 17.8 Å². The highest BCUT2D eigenvalue weighted by atomic mass is 32.1. The predicted molar refractivity (Wildman–Crippen MR) is 97.5 cm³/mol. The van der Waals surface area contributed by atoms with E-state index < -0.39 is 7.52 Å². The predicted octanol–water partition coefficient (Wildman–Crippen LogP) is 5.18. The van der Waals surface area contributed by atoms with Crippen LogP contribution < -0.4 is 5.09 Å². The summed E-state index contributed by atoms with van der Waals surface area (Å²) in [5.41, 5.74) is 1.57. The average molecular weight is 346 g/mol. The molecule has 120 valence electrons. The van der Waals surface area contributed by atoms with E-state index in [0.29, 0.717) is 12.8 Å². The molecule has 6 heteroatoms. The number of hydrogen-bond donors (Lipinski definition) is 1. The number of pyridine rings is 1. The Hall–Kier alpha value is -1.68. The van der Waals surface area contributed by atoms with Crippen molar-refractivity contribution in [3.05, 3.63) is 58.9 Å². The summed E-state index contributed by atoms with van der Waals surface area (Å²) in [6, 6.07) is 13.8. The van der Waals surface area contributed by atoms with E-state index in [1.807, 2.05) is 48.7 Å². The molecule has 4 nitrogen and oxygen atoms in total. The van der Waals surface area contributed by atoms with Gasteiger partial charge >= 0.3 is 0 Å². The molecule has 1 atom stereocenters. The summed E-state index contributed by atoms with van der Waals surface area (Å²) in [5.74, 6) is 0. The number of hydrogen-bond acceptors (Lipinski definition) is 4. The summed E-state index contributed by atoms with van der Waals surface area (Å²) in [6.45, 7) is 2.27. The number of thiophene rings is 1. The molecule has 1 N–H and O–H groups in total. The minimum absolute atomic E-state index is 0.410. The van der Waals surface area contributed by atoms with E-state index in [-0.39, 0.29) is 0 Å². The number of nitrogens with one attached hydrogen (secondary N) is 1. The number of aromatic nitrogens is 1. The van der Waals surface area contributed by atoms with Gasteiger partial charge in [-0.2, -0.15) is 0 Å². The molecule has 0 radical (unpaired) electrons. The van der Waals surface area contributed by atoms with Crippen molar-refractivity contribution < 1.29 is 9.09 Å². The van der Waals surface area contributed by atoms with Gasteiger partial charge in [0.25, 0.3) is 7.52 Å². The second kappa shape index (κ2) is 7.26. The molecule has 0 aliphatic carbocycles. The molecule has 3 aromatic rings. The maximum absolute atomic E-state index is 13.2. The first-order valence-electron chi connectivity index (χ1n) is 7.58. The van der Waals surface area contributed by atoms with Crippen molar-refractivity contribution in [3.8, 4) is 0 Å². The van der Waals surface area contributed by atoms with Crippen LogP contribution in [0.25, 0.3) is 10.9 Å². The van der Waals surface area contributed by atoms with Crippen LogP contribution in [0.3, 0.4) is 0 Å². The van der Waals surface area contributed by atoms with Gasteiger partial charge in [0.15, 0.2) is 0 Å². The first-order valence-corrected chi connectivity index (χ1v) is 10.3. The molecule has 0 saturated heterocycles. The van der Waals surface area contributed by atoms with Crippen LogP contribution in [-0.2, 0) is 15.5 Å². The van der Waals surface area contributed by atoms with Crippen LogP contribution in [-0.4, -0.2) is 17.8 Å². The lowest BCUT2D eigenvalue weighted by atomic mass is 10.2. The SMILES string of the molecule is CCOP(=O)(CCc1cccs1)Nc1cccc2cccnc12. The van der Waals surface area contributed by atoms with Crippen molar-refractivity contribution in [2.24, 2.45) is 0 Å². The van der Waals surface area contributed by atoms with E-state index in [1.165, 1.54) is 4.88 Å². The summed E-state index contributed by atoms with van der Waals surface area (Å²) in [5, 5.41) is 6.18. The smallest absolute Gasteiger partial charge is 0.294 e. The van der Waals surface area contributed by atoms with Gasteiger partial charge < -0.3 is 9.61 Å². The van der Waals surface area contributed by atoms with Crippen molar-refractivity contribution in [3.63, 3.8) is 0 Å². The standard InChI is InChI=1S/C17H19N2O2PS/c1-2-21-22(20,12-10-15-8-5-13-23-15)19-16-9-3-6-14-7-4-11-18-17(14)16/h3-9,11,13H,2,10,12H2,1H3,(H,19,20). The highest BCUT2D eigenvalue weighted by Crippen LogP contribution is 2.48. The Balaban J connectivity index is 1.84. The molecule has 0 spiro atoms. The second-order valence-electron chi connectivity index (χ2n) is 5.14. The molecule has 23 heavy (non-hydrogen) atoms. The van der Waals surface area contributed by atoms with E-state index in [9.17, 15) is 4.57 Å². The first kappa shape index (κ1) is 16.2. The maximum Gasteiger partial charge on any atom is 0.294 e. The van der Waals surface area contributed by atoms with Crippen LogP contribution in [0.5, 0.6) is 0 Å². The topological polar surface area (TPSA) is 51.2 Å². The van der Waals surface area contributed by atoms with Crippen molar-refractivity contribution in [2.45, 2.75) is 13.3 Å². The summed E-state index contributed by atoms with van der Waals surface area (Å²) in [6.07, 6.45) is 2.94. The minimum atomic E-state index is -2.97. The van der Waals surface area contributed by atoms with Gasteiger partial charge in [-0.05, 0) is 36.9 Å². The fraction of sp³-hybridized carbons (Fsp3) is 0.235. The quantitative estimate of drug-likeness (QED) is 0.599. The molecule has 2 heterocycles. The van der Waals surface area contributed by atoms with E-state index in [2.05, 4.69) is 16.1 Å². The first-order chi connectivity index (χ1) is 11.2. The normalized spacial score (nSPS) is 13.8. The molecule has 3 rings (SSSR count). The Labute approximate surface area is 140 Å². The Morgan fingerprint density at radius 3 is 2.87 bits per heavy atom. The second-order valence-corrected chi connectivity index (χ2v) is 8.44. The van der Waals surface area contributed by atoms with Crippen molar-refractivity contribution in [2.75, 3.05) is 17.9 Å². The molecule has 0 fully saturated rings. The summed E-state index contributed by atoms with van der Waals surface area (Å²) >= 11 is 1.67. The van der Waals surface area contributed by atoms with Gasteiger partial charge in [-0.3, -0.25) is 9.55 Å². The number of para-hydroxylation sites is 1. The zero-order chi connectivity index (χ0) is 16.1. The summed E-state index contributed by atoms with van der Waals surface area (Å²) in [4.78, 5) is 5.61. The maximum atomic E-state index is 13.2. The van der Waals surface area contributed by atoms with E-state index in [4.69, 9.17) is 4.52 Å². The fourth-order valence-corrected chi connectivity index (χ4v) is 5.12. The summed E-state index contributed by atoms with van der Waals surface area (Å²) in [7, 11) is -2.97. The molecule has 0 bridgehead atoms. The van der Waals surface area contributed by atoms with E-state index in [1.54, 1.807) is 17.5 Å².